The lowest BCUT2D eigenvalue weighted by molar-refractivity contribution is -0.137. The van der Waals surface area contributed by atoms with Crippen molar-refractivity contribution in [1.29, 1.82) is 0 Å². The number of hydrogen-bond donors (Lipinski definition) is 2. The van der Waals surface area contributed by atoms with Crippen LogP contribution in [-0.4, -0.2) is 17.0 Å². The highest BCUT2D eigenvalue weighted by molar-refractivity contribution is 6.30. The zero-order valence-electron chi connectivity index (χ0n) is 11.8. The molecule has 1 unspecified atom stereocenters. The Hall–Kier alpha value is -2.33. The van der Waals surface area contributed by atoms with Crippen molar-refractivity contribution < 1.29 is 14.7 Å². The average molecular weight is 318 g/mol. The molecule has 0 heterocycles. The summed E-state index contributed by atoms with van der Waals surface area (Å²) >= 11 is 5.79. The number of benzene rings is 2. The van der Waals surface area contributed by atoms with Gasteiger partial charge in [0.1, 0.15) is 0 Å². The van der Waals surface area contributed by atoms with Crippen molar-refractivity contribution in [3.63, 3.8) is 0 Å². The van der Waals surface area contributed by atoms with E-state index in [0.29, 0.717) is 10.7 Å². The van der Waals surface area contributed by atoms with E-state index in [1.807, 2.05) is 30.3 Å². The highest BCUT2D eigenvalue weighted by atomic mass is 35.5. The Balaban J connectivity index is 2.04. The minimum Gasteiger partial charge on any atom is -0.481 e. The second kappa shape index (κ2) is 7.61. The molecule has 2 rings (SSSR count). The van der Waals surface area contributed by atoms with Gasteiger partial charge in [0.2, 0.25) is 5.91 Å². The predicted octanol–water partition coefficient (Wildman–Crippen LogP) is 3.93. The second-order valence-electron chi connectivity index (χ2n) is 4.96. The van der Waals surface area contributed by atoms with Crippen molar-refractivity contribution in [3.8, 4) is 0 Å². The molecule has 0 saturated heterocycles. The van der Waals surface area contributed by atoms with Crippen LogP contribution in [-0.2, 0) is 9.59 Å². The average Bonchev–Trinajstić information content (AvgIpc) is 2.49. The Labute approximate surface area is 133 Å². The van der Waals surface area contributed by atoms with Gasteiger partial charge in [-0.1, -0.05) is 41.9 Å². The summed E-state index contributed by atoms with van der Waals surface area (Å²) in [6.45, 7) is 0. The van der Waals surface area contributed by atoms with E-state index in [1.165, 1.54) is 0 Å². The standard InChI is InChI=1S/C17H16ClNO3/c18-14-6-8-15(9-7-14)19-16(20)10-13(11-17(21)22)12-4-2-1-3-5-12/h1-9,13H,10-11H2,(H,19,20)(H,21,22). The number of halogens is 1. The van der Waals surface area contributed by atoms with Gasteiger partial charge < -0.3 is 10.4 Å². The summed E-state index contributed by atoms with van der Waals surface area (Å²) in [6, 6.07) is 16.0. The molecule has 5 heteroatoms. The topological polar surface area (TPSA) is 66.4 Å². The molecule has 0 saturated carbocycles. The molecule has 0 aromatic heterocycles. The molecule has 0 spiro atoms. The molecule has 114 valence electrons. The summed E-state index contributed by atoms with van der Waals surface area (Å²) in [4.78, 5) is 23.1. The van der Waals surface area contributed by atoms with Gasteiger partial charge in [0.25, 0.3) is 0 Å². The van der Waals surface area contributed by atoms with Gasteiger partial charge in [-0.25, -0.2) is 0 Å². The minimum atomic E-state index is -0.923. The zero-order valence-corrected chi connectivity index (χ0v) is 12.6. The summed E-state index contributed by atoms with van der Waals surface area (Å²) in [6.07, 6.45) is 0.0248. The molecule has 0 bridgehead atoms. The van der Waals surface area contributed by atoms with Crippen LogP contribution < -0.4 is 5.32 Å². The van der Waals surface area contributed by atoms with Crippen LogP contribution in [0.15, 0.2) is 54.6 Å². The molecule has 0 aliphatic carbocycles. The Kier molecular flexibility index (Phi) is 5.55. The highest BCUT2D eigenvalue weighted by Crippen LogP contribution is 2.24. The van der Waals surface area contributed by atoms with Crippen molar-refractivity contribution in [1.82, 2.24) is 0 Å². The smallest absolute Gasteiger partial charge is 0.303 e. The maximum atomic E-state index is 12.1. The lowest BCUT2D eigenvalue weighted by atomic mass is 9.92. The SMILES string of the molecule is O=C(O)CC(CC(=O)Nc1ccc(Cl)cc1)c1ccccc1. The number of carbonyl (C=O) groups is 2. The van der Waals surface area contributed by atoms with Crippen LogP contribution in [0, 0.1) is 0 Å². The van der Waals surface area contributed by atoms with E-state index in [-0.39, 0.29) is 24.7 Å². The van der Waals surface area contributed by atoms with Crippen LogP contribution in [0.4, 0.5) is 5.69 Å². The fourth-order valence-corrected chi connectivity index (χ4v) is 2.34. The summed E-state index contributed by atoms with van der Waals surface area (Å²) in [5.74, 6) is -1.50. The van der Waals surface area contributed by atoms with E-state index < -0.39 is 5.97 Å². The second-order valence-corrected chi connectivity index (χ2v) is 5.40. The first-order valence-electron chi connectivity index (χ1n) is 6.87. The minimum absolute atomic E-state index is 0.0853. The maximum absolute atomic E-state index is 12.1. The van der Waals surface area contributed by atoms with Gasteiger partial charge in [0, 0.05) is 23.0 Å². The van der Waals surface area contributed by atoms with Crippen molar-refractivity contribution in [3.05, 3.63) is 65.2 Å². The summed E-state index contributed by atoms with van der Waals surface area (Å²) < 4.78 is 0. The van der Waals surface area contributed by atoms with Gasteiger partial charge in [-0.05, 0) is 29.8 Å². The molecule has 2 aromatic rings. The lowest BCUT2D eigenvalue weighted by Crippen LogP contribution is -2.17. The fourth-order valence-electron chi connectivity index (χ4n) is 2.21. The first-order valence-corrected chi connectivity index (χ1v) is 7.24. The van der Waals surface area contributed by atoms with Gasteiger partial charge in [-0.3, -0.25) is 9.59 Å². The van der Waals surface area contributed by atoms with E-state index in [2.05, 4.69) is 5.32 Å². The molecule has 1 amide bonds. The van der Waals surface area contributed by atoms with Crippen molar-refractivity contribution in [2.45, 2.75) is 18.8 Å². The number of amides is 1. The number of nitrogens with one attached hydrogen (secondary N) is 1. The molecule has 1 atom stereocenters. The molecule has 0 aliphatic heterocycles. The summed E-state index contributed by atoms with van der Waals surface area (Å²) in [7, 11) is 0. The van der Waals surface area contributed by atoms with Gasteiger partial charge >= 0.3 is 5.97 Å². The first-order chi connectivity index (χ1) is 10.5. The van der Waals surface area contributed by atoms with Gasteiger partial charge in [-0.15, -0.1) is 0 Å². The number of hydrogen-bond acceptors (Lipinski definition) is 2. The molecule has 2 N–H and O–H groups in total. The molecule has 22 heavy (non-hydrogen) atoms. The van der Waals surface area contributed by atoms with Crippen molar-refractivity contribution in [2.24, 2.45) is 0 Å². The molecule has 2 aromatic carbocycles. The van der Waals surface area contributed by atoms with Crippen LogP contribution in [0.3, 0.4) is 0 Å². The number of rotatable bonds is 6. The fraction of sp³-hybridized carbons (Fsp3) is 0.176. The Morgan fingerprint density at radius 1 is 1.00 bits per heavy atom. The van der Waals surface area contributed by atoms with Crippen LogP contribution in [0.2, 0.25) is 5.02 Å². The summed E-state index contributed by atoms with van der Waals surface area (Å²) in [5.41, 5.74) is 1.48. The lowest BCUT2D eigenvalue weighted by Gasteiger charge is -2.15. The van der Waals surface area contributed by atoms with Crippen LogP contribution in [0.25, 0.3) is 0 Å². The van der Waals surface area contributed by atoms with E-state index >= 15 is 0 Å². The number of carbonyl (C=O) groups excluding carboxylic acids is 1. The number of aliphatic carboxylic acids is 1. The Morgan fingerprint density at radius 2 is 1.64 bits per heavy atom. The molecule has 0 fully saturated rings. The van der Waals surface area contributed by atoms with Crippen LogP contribution >= 0.6 is 11.6 Å². The number of anilines is 1. The van der Waals surface area contributed by atoms with Crippen LogP contribution in [0.5, 0.6) is 0 Å². The first kappa shape index (κ1) is 16.0. The van der Waals surface area contributed by atoms with E-state index in [4.69, 9.17) is 16.7 Å². The molecule has 0 aliphatic rings. The zero-order chi connectivity index (χ0) is 15.9. The van der Waals surface area contributed by atoms with E-state index in [0.717, 1.165) is 5.56 Å². The Bertz CT molecular complexity index is 641. The van der Waals surface area contributed by atoms with Crippen molar-refractivity contribution in [2.75, 3.05) is 5.32 Å². The van der Waals surface area contributed by atoms with Gasteiger partial charge in [0.15, 0.2) is 0 Å². The van der Waals surface area contributed by atoms with Crippen LogP contribution in [0.1, 0.15) is 24.3 Å². The molecular weight excluding hydrogens is 302 g/mol. The molecular formula is C17H16ClNO3. The molecule has 4 nitrogen and oxygen atoms in total. The Morgan fingerprint density at radius 3 is 2.23 bits per heavy atom. The third-order valence-electron chi connectivity index (χ3n) is 3.25. The highest BCUT2D eigenvalue weighted by Gasteiger charge is 2.19. The third-order valence-corrected chi connectivity index (χ3v) is 3.50. The maximum Gasteiger partial charge on any atom is 0.303 e. The monoisotopic (exact) mass is 317 g/mol. The van der Waals surface area contributed by atoms with Crippen molar-refractivity contribution >= 4 is 29.2 Å². The number of carboxylic acid groups (broad SMARTS) is 1. The van der Waals surface area contributed by atoms with Gasteiger partial charge in [0.05, 0.1) is 6.42 Å². The third kappa shape index (κ3) is 4.90. The number of carboxylic acids is 1. The van der Waals surface area contributed by atoms with E-state index in [1.54, 1.807) is 24.3 Å². The quantitative estimate of drug-likeness (QED) is 0.848. The largest absolute Gasteiger partial charge is 0.481 e. The predicted molar refractivity (Wildman–Crippen MR) is 86.1 cm³/mol. The normalized spacial score (nSPS) is 11.7. The summed E-state index contributed by atoms with van der Waals surface area (Å²) in [5, 5.41) is 12.4. The molecule has 0 radical (unpaired) electrons. The van der Waals surface area contributed by atoms with Gasteiger partial charge in [-0.2, -0.15) is 0 Å². The van der Waals surface area contributed by atoms with E-state index in [9.17, 15) is 9.59 Å².